The Labute approximate surface area is 104 Å². The fourth-order valence-electron chi connectivity index (χ4n) is 2.56. The van der Waals surface area contributed by atoms with Gasteiger partial charge in [-0.25, -0.2) is 0 Å². The van der Waals surface area contributed by atoms with Crippen molar-refractivity contribution in [3.05, 3.63) is 29.3 Å². The smallest absolute Gasteiger partial charge is 0.120 e. The van der Waals surface area contributed by atoms with Gasteiger partial charge in [0.15, 0.2) is 0 Å². The molecule has 0 saturated heterocycles. The zero-order valence-electron chi connectivity index (χ0n) is 11.1. The Balaban J connectivity index is 2.07. The number of hydrogen-bond acceptors (Lipinski definition) is 2. The minimum Gasteiger partial charge on any atom is -0.490 e. The lowest BCUT2D eigenvalue weighted by atomic mass is 10.0. The summed E-state index contributed by atoms with van der Waals surface area (Å²) in [6, 6.07) is 6.85. The molecule has 0 spiro atoms. The van der Waals surface area contributed by atoms with Crippen molar-refractivity contribution in [1.29, 1.82) is 0 Å². The molecule has 2 heteroatoms. The van der Waals surface area contributed by atoms with Crippen LogP contribution in [0.1, 0.15) is 49.8 Å². The van der Waals surface area contributed by atoms with Gasteiger partial charge in [-0.05, 0) is 69.8 Å². The van der Waals surface area contributed by atoms with Crippen LogP contribution in [0, 0.1) is 6.92 Å². The maximum atomic E-state index is 6.00. The molecule has 0 radical (unpaired) electrons. The van der Waals surface area contributed by atoms with E-state index in [-0.39, 0.29) is 0 Å². The van der Waals surface area contributed by atoms with Crippen molar-refractivity contribution >= 4 is 0 Å². The van der Waals surface area contributed by atoms with Gasteiger partial charge in [-0.1, -0.05) is 6.07 Å². The summed E-state index contributed by atoms with van der Waals surface area (Å²) >= 11 is 0. The van der Waals surface area contributed by atoms with Crippen molar-refractivity contribution < 1.29 is 4.74 Å². The van der Waals surface area contributed by atoms with Gasteiger partial charge in [-0.15, -0.1) is 0 Å². The average Bonchev–Trinajstić information content (AvgIpc) is 2.81. The lowest BCUT2D eigenvalue weighted by molar-refractivity contribution is 0.210. The van der Waals surface area contributed by atoms with Crippen molar-refractivity contribution in [1.82, 2.24) is 5.32 Å². The quantitative estimate of drug-likeness (QED) is 0.858. The number of benzene rings is 1. The maximum absolute atomic E-state index is 6.00. The van der Waals surface area contributed by atoms with Crippen molar-refractivity contribution in [2.75, 3.05) is 7.05 Å². The van der Waals surface area contributed by atoms with Crippen LogP contribution in [0.3, 0.4) is 0 Å². The highest BCUT2D eigenvalue weighted by Crippen LogP contribution is 2.27. The first-order valence-electron chi connectivity index (χ1n) is 6.65. The first-order valence-corrected chi connectivity index (χ1v) is 6.65. The van der Waals surface area contributed by atoms with Crippen LogP contribution in [0.15, 0.2) is 18.2 Å². The molecule has 2 nitrogen and oxygen atoms in total. The first-order chi connectivity index (χ1) is 8.20. The molecule has 0 heterocycles. The summed E-state index contributed by atoms with van der Waals surface area (Å²) in [5, 5.41) is 3.27. The molecule has 1 atom stereocenters. The largest absolute Gasteiger partial charge is 0.490 e. The molecule has 1 aliphatic carbocycles. The molecule has 2 rings (SSSR count). The molecule has 1 N–H and O–H groups in total. The molecular formula is C15H23NO. The zero-order chi connectivity index (χ0) is 12.3. The van der Waals surface area contributed by atoms with E-state index in [2.05, 4.69) is 37.4 Å². The van der Waals surface area contributed by atoms with E-state index >= 15 is 0 Å². The predicted molar refractivity (Wildman–Crippen MR) is 71.5 cm³/mol. The number of aryl methyl sites for hydroxylation is 1. The Kier molecular flexibility index (Phi) is 4.06. The Bertz CT molecular complexity index is 369. The second kappa shape index (κ2) is 5.54. The summed E-state index contributed by atoms with van der Waals surface area (Å²) in [4.78, 5) is 0. The summed E-state index contributed by atoms with van der Waals surface area (Å²) in [7, 11) is 1.99. The molecule has 0 aromatic heterocycles. The second-order valence-corrected chi connectivity index (χ2v) is 5.05. The monoisotopic (exact) mass is 233 g/mol. The highest BCUT2D eigenvalue weighted by Gasteiger charge is 2.17. The molecule has 1 aromatic rings. The standard InChI is InChI=1S/C15H23NO/c1-11-10-14(17-13-6-4-5-7-13)8-9-15(11)12(2)16-3/h8-10,12-13,16H,4-7H2,1-3H3. The van der Waals surface area contributed by atoms with Crippen LogP contribution in [0.25, 0.3) is 0 Å². The van der Waals surface area contributed by atoms with Crippen LogP contribution in [0.5, 0.6) is 5.75 Å². The van der Waals surface area contributed by atoms with E-state index in [1.165, 1.54) is 36.8 Å². The van der Waals surface area contributed by atoms with Crippen LogP contribution in [0.2, 0.25) is 0 Å². The van der Waals surface area contributed by atoms with E-state index in [4.69, 9.17) is 4.74 Å². The highest BCUT2D eigenvalue weighted by molar-refractivity contribution is 5.36. The topological polar surface area (TPSA) is 21.3 Å². The summed E-state index contributed by atoms with van der Waals surface area (Å²) < 4.78 is 6.00. The fraction of sp³-hybridized carbons (Fsp3) is 0.600. The van der Waals surface area contributed by atoms with Crippen LogP contribution in [0.4, 0.5) is 0 Å². The number of nitrogens with one attached hydrogen (secondary N) is 1. The van der Waals surface area contributed by atoms with E-state index in [9.17, 15) is 0 Å². The van der Waals surface area contributed by atoms with Gasteiger partial charge in [0.05, 0.1) is 6.10 Å². The third kappa shape index (κ3) is 3.01. The van der Waals surface area contributed by atoms with Gasteiger partial charge in [0.25, 0.3) is 0 Å². The Morgan fingerprint density at radius 2 is 2.00 bits per heavy atom. The molecule has 94 valence electrons. The molecule has 1 unspecified atom stereocenters. The molecule has 0 bridgehead atoms. The summed E-state index contributed by atoms with van der Waals surface area (Å²) in [6.07, 6.45) is 5.51. The van der Waals surface area contributed by atoms with Gasteiger partial charge in [0.2, 0.25) is 0 Å². The minimum absolute atomic E-state index is 0.399. The fourth-order valence-corrected chi connectivity index (χ4v) is 2.56. The van der Waals surface area contributed by atoms with Crippen molar-refractivity contribution in [2.45, 2.75) is 51.7 Å². The molecule has 1 aliphatic rings. The normalized spacial score (nSPS) is 18.3. The van der Waals surface area contributed by atoms with E-state index < -0.39 is 0 Å². The second-order valence-electron chi connectivity index (χ2n) is 5.05. The average molecular weight is 233 g/mol. The van der Waals surface area contributed by atoms with Crippen molar-refractivity contribution in [3.63, 3.8) is 0 Å². The van der Waals surface area contributed by atoms with Crippen molar-refractivity contribution in [3.8, 4) is 5.75 Å². The van der Waals surface area contributed by atoms with E-state index in [1.54, 1.807) is 0 Å². The molecule has 0 amide bonds. The van der Waals surface area contributed by atoms with Crippen LogP contribution in [-0.4, -0.2) is 13.2 Å². The first kappa shape index (κ1) is 12.4. The Hall–Kier alpha value is -1.02. The van der Waals surface area contributed by atoms with E-state index in [1.807, 2.05) is 7.05 Å². The zero-order valence-corrected chi connectivity index (χ0v) is 11.1. The number of hydrogen-bond donors (Lipinski definition) is 1. The highest BCUT2D eigenvalue weighted by atomic mass is 16.5. The minimum atomic E-state index is 0.399. The van der Waals surface area contributed by atoms with Gasteiger partial charge >= 0.3 is 0 Å². The lowest BCUT2D eigenvalue weighted by Crippen LogP contribution is -2.14. The Morgan fingerprint density at radius 3 is 2.59 bits per heavy atom. The molecule has 1 fully saturated rings. The number of rotatable bonds is 4. The molecular weight excluding hydrogens is 210 g/mol. The summed E-state index contributed by atoms with van der Waals surface area (Å²) in [5.41, 5.74) is 2.66. The van der Waals surface area contributed by atoms with Gasteiger partial charge in [-0.2, -0.15) is 0 Å². The third-order valence-corrected chi connectivity index (χ3v) is 3.75. The van der Waals surface area contributed by atoms with Crippen LogP contribution in [-0.2, 0) is 0 Å². The lowest BCUT2D eigenvalue weighted by Gasteiger charge is -2.17. The summed E-state index contributed by atoms with van der Waals surface area (Å²) in [5.74, 6) is 1.03. The molecule has 1 aromatic carbocycles. The summed E-state index contributed by atoms with van der Waals surface area (Å²) in [6.45, 7) is 4.34. The molecule has 1 saturated carbocycles. The Morgan fingerprint density at radius 1 is 1.29 bits per heavy atom. The van der Waals surface area contributed by atoms with E-state index in [0.29, 0.717) is 12.1 Å². The van der Waals surface area contributed by atoms with Crippen LogP contribution < -0.4 is 10.1 Å². The van der Waals surface area contributed by atoms with Crippen LogP contribution >= 0.6 is 0 Å². The van der Waals surface area contributed by atoms with Crippen molar-refractivity contribution in [2.24, 2.45) is 0 Å². The van der Waals surface area contributed by atoms with Gasteiger partial charge < -0.3 is 10.1 Å². The predicted octanol–water partition coefficient (Wildman–Crippen LogP) is 3.60. The molecule has 0 aliphatic heterocycles. The number of ether oxygens (including phenoxy) is 1. The van der Waals surface area contributed by atoms with Gasteiger partial charge in [0.1, 0.15) is 5.75 Å². The SMILES string of the molecule is CNC(C)c1ccc(OC2CCCC2)cc1C. The molecule has 17 heavy (non-hydrogen) atoms. The third-order valence-electron chi connectivity index (χ3n) is 3.75. The van der Waals surface area contributed by atoms with E-state index in [0.717, 1.165) is 5.75 Å². The maximum Gasteiger partial charge on any atom is 0.120 e. The van der Waals surface area contributed by atoms with Gasteiger partial charge in [-0.3, -0.25) is 0 Å². The van der Waals surface area contributed by atoms with Gasteiger partial charge in [0, 0.05) is 6.04 Å².